The lowest BCUT2D eigenvalue weighted by atomic mass is 9.99. The van der Waals surface area contributed by atoms with Crippen LogP contribution in [0.3, 0.4) is 0 Å². The van der Waals surface area contributed by atoms with Crippen LogP contribution in [-0.2, 0) is 16.1 Å². The molecular formula is C31H34N2O4S. The highest BCUT2D eigenvalue weighted by Crippen LogP contribution is 2.40. The number of aromatic nitrogens is 2. The lowest BCUT2D eigenvalue weighted by Gasteiger charge is -2.18. The maximum absolute atomic E-state index is 12.9. The fourth-order valence-corrected chi connectivity index (χ4v) is 6.05. The Kier molecular flexibility index (Phi) is 7.65. The van der Waals surface area contributed by atoms with E-state index in [0.29, 0.717) is 18.9 Å². The number of thiazole rings is 1. The number of carbonyl (C=O) groups excluding carboxylic acids is 1. The zero-order chi connectivity index (χ0) is 26.8. The molecule has 5 rings (SSSR count). The molecule has 7 heteroatoms. The van der Waals surface area contributed by atoms with Gasteiger partial charge in [0.1, 0.15) is 28.8 Å². The summed E-state index contributed by atoms with van der Waals surface area (Å²) in [4.78, 5) is 22.8. The Morgan fingerprint density at radius 1 is 1.08 bits per heavy atom. The van der Waals surface area contributed by atoms with Crippen molar-refractivity contribution >= 4 is 28.2 Å². The molecule has 1 aliphatic rings. The Bertz CT molecular complexity index is 1430. The summed E-state index contributed by atoms with van der Waals surface area (Å²) in [7, 11) is 1.67. The summed E-state index contributed by atoms with van der Waals surface area (Å²) in [5.74, 6) is 1.71. The third-order valence-corrected chi connectivity index (χ3v) is 8.24. The SMILES string of the molecule is COc1ccc2c(O[C@@H]3C[C@@H](C)[C@H](C(=O)OCc4ccccc4)C3)cc(-c3nc(C(C)C)cs3)nc2c1C. The van der Waals surface area contributed by atoms with Crippen molar-refractivity contribution in [2.24, 2.45) is 11.8 Å². The second-order valence-corrected chi connectivity index (χ2v) is 11.3. The van der Waals surface area contributed by atoms with Crippen LogP contribution in [0.5, 0.6) is 11.5 Å². The number of aryl methyl sites for hydroxylation is 1. The third kappa shape index (κ3) is 5.39. The number of benzene rings is 2. The van der Waals surface area contributed by atoms with Crippen molar-refractivity contribution < 1.29 is 19.0 Å². The van der Waals surface area contributed by atoms with Crippen LogP contribution in [0.4, 0.5) is 0 Å². The number of fused-ring (bicyclic) bond motifs is 1. The molecule has 0 radical (unpaired) electrons. The highest BCUT2D eigenvalue weighted by molar-refractivity contribution is 7.13. The van der Waals surface area contributed by atoms with E-state index in [4.69, 9.17) is 24.2 Å². The molecule has 0 N–H and O–H groups in total. The second kappa shape index (κ2) is 11.1. The summed E-state index contributed by atoms with van der Waals surface area (Å²) in [5, 5.41) is 3.88. The average Bonchev–Trinajstić information content (AvgIpc) is 3.56. The fourth-order valence-electron chi connectivity index (χ4n) is 5.11. The maximum Gasteiger partial charge on any atom is 0.309 e. The minimum Gasteiger partial charge on any atom is -0.496 e. The van der Waals surface area contributed by atoms with Crippen molar-refractivity contribution in [2.45, 2.75) is 59.2 Å². The molecule has 2 aromatic heterocycles. The van der Waals surface area contributed by atoms with Gasteiger partial charge in [-0.1, -0.05) is 51.1 Å². The topological polar surface area (TPSA) is 70.5 Å². The van der Waals surface area contributed by atoms with E-state index in [1.165, 1.54) is 0 Å². The van der Waals surface area contributed by atoms with Crippen LogP contribution in [0.15, 0.2) is 53.9 Å². The van der Waals surface area contributed by atoms with Crippen LogP contribution >= 0.6 is 11.3 Å². The van der Waals surface area contributed by atoms with E-state index in [1.54, 1.807) is 18.4 Å². The number of hydrogen-bond donors (Lipinski definition) is 0. The van der Waals surface area contributed by atoms with E-state index in [1.807, 2.05) is 55.5 Å². The number of esters is 1. The molecule has 0 unspecified atom stereocenters. The van der Waals surface area contributed by atoms with E-state index in [0.717, 1.165) is 56.3 Å². The van der Waals surface area contributed by atoms with E-state index in [2.05, 4.69) is 26.2 Å². The van der Waals surface area contributed by atoms with Crippen LogP contribution in [0, 0.1) is 18.8 Å². The summed E-state index contributed by atoms with van der Waals surface area (Å²) in [5.41, 5.74) is 4.62. The fraction of sp³-hybridized carbons (Fsp3) is 0.387. The Morgan fingerprint density at radius 2 is 1.87 bits per heavy atom. The van der Waals surface area contributed by atoms with Gasteiger partial charge in [-0.05, 0) is 49.3 Å². The van der Waals surface area contributed by atoms with Crippen molar-refractivity contribution in [2.75, 3.05) is 7.11 Å². The molecular weight excluding hydrogens is 496 g/mol. The van der Waals surface area contributed by atoms with Crippen LogP contribution in [0.2, 0.25) is 0 Å². The largest absolute Gasteiger partial charge is 0.496 e. The molecule has 0 bridgehead atoms. The molecule has 0 spiro atoms. The van der Waals surface area contributed by atoms with E-state index in [9.17, 15) is 4.79 Å². The van der Waals surface area contributed by atoms with Gasteiger partial charge in [0, 0.05) is 22.4 Å². The highest BCUT2D eigenvalue weighted by Gasteiger charge is 2.38. The lowest BCUT2D eigenvalue weighted by Crippen LogP contribution is -2.20. The first-order valence-electron chi connectivity index (χ1n) is 13.2. The van der Waals surface area contributed by atoms with Gasteiger partial charge in [-0.2, -0.15) is 0 Å². The molecule has 3 atom stereocenters. The lowest BCUT2D eigenvalue weighted by molar-refractivity contribution is -0.151. The van der Waals surface area contributed by atoms with Crippen LogP contribution in [-0.4, -0.2) is 29.2 Å². The van der Waals surface area contributed by atoms with Crippen LogP contribution in [0.25, 0.3) is 21.6 Å². The summed E-state index contributed by atoms with van der Waals surface area (Å²) < 4.78 is 17.9. The van der Waals surface area contributed by atoms with E-state index < -0.39 is 0 Å². The molecule has 0 amide bonds. The molecule has 2 heterocycles. The number of hydrogen-bond acceptors (Lipinski definition) is 7. The summed E-state index contributed by atoms with van der Waals surface area (Å²) in [6.07, 6.45) is 1.31. The number of ether oxygens (including phenoxy) is 3. The Balaban J connectivity index is 1.40. The van der Waals surface area contributed by atoms with Gasteiger partial charge < -0.3 is 14.2 Å². The van der Waals surface area contributed by atoms with Gasteiger partial charge in [-0.25, -0.2) is 9.97 Å². The minimum atomic E-state index is -0.189. The average molecular weight is 531 g/mol. The smallest absolute Gasteiger partial charge is 0.309 e. The van der Waals surface area contributed by atoms with Crippen molar-refractivity contribution in [1.29, 1.82) is 0 Å². The molecule has 6 nitrogen and oxygen atoms in total. The maximum atomic E-state index is 12.9. The van der Waals surface area contributed by atoms with Crippen molar-refractivity contribution in [3.05, 3.63) is 70.7 Å². The molecule has 1 saturated carbocycles. The van der Waals surface area contributed by atoms with E-state index >= 15 is 0 Å². The molecule has 2 aromatic carbocycles. The number of methoxy groups -OCH3 is 1. The van der Waals surface area contributed by atoms with Gasteiger partial charge in [0.15, 0.2) is 0 Å². The van der Waals surface area contributed by atoms with Crippen LogP contribution < -0.4 is 9.47 Å². The van der Waals surface area contributed by atoms with Crippen molar-refractivity contribution in [3.8, 4) is 22.2 Å². The molecule has 1 aliphatic carbocycles. The van der Waals surface area contributed by atoms with Gasteiger partial charge in [0.05, 0.1) is 30.3 Å². The second-order valence-electron chi connectivity index (χ2n) is 10.4. The zero-order valence-corrected chi connectivity index (χ0v) is 23.4. The molecule has 0 saturated heterocycles. The Labute approximate surface area is 228 Å². The van der Waals surface area contributed by atoms with Gasteiger partial charge in [-0.3, -0.25) is 4.79 Å². The first-order chi connectivity index (χ1) is 18.3. The number of rotatable bonds is 8. The predicted molar refractivity (Wildman–Crippen MR) is 151 cm³/mol. The molecule has 0 aliphatic heterocycles. The van der Waals surface area contributed by atoms with Crippen molar-refractivity contribution in [3.63, 3.8) is 0 Å². The Hall–Kier alpha value is -3.45. The summed E-state index contributed by atoms with van der Waals surface area (Å²) >= 11 is 1.59. The number of nitrogens with zero attached hydrogens (tertiary/aromatic N) is 2. The molecule has 1 fully saturated rings. The molecule has 38 heavy (non-hydrogen) atoms. The first-order valence-corrected chi connectivity index (χ1v) is 14.0. The van der Waals surface area contributed by atoms with Gasteiger partial charge >= 0.3 is 5.97 Å². The zero-order valence-electron chi connectivity index (χ0n) is 22.6. The standard InChI is InChI=1S/C31H34N2O4S/c1-18(2)26-17-38-30(33-26)25-15-28(23-11-12-27(35-5)20(4)29(23)32-25)37-22-13-19(3)24(14-22)31(34)36-16-21-9-7-6-8-10-21/h6-12,15,17-19,22,24H,13-14,16H2,1-5H3/t19-,22-,24-/m1/s1. The van der Waals surface area contributed by atoms with Gasteiger partial charge in [0.25, 0.3) is 0 Å². The number of pyridine rings is 1. The summed E-state index contributed by atoms with van der Waals surface area (Å²) in [6, 6.07) is 15.7. The summed E-state index contributed by atoms with van der Waals surface area (Å²) in [6.45, 7) is 8.68. The van der Waals surface area contributed by atoms with Crippen LogP contribution in [0.1, 0.15) is 56.4 Å². The van der Waals surface area contributed by atoms with E-state index in [-0.39, 0.29) is 23.9 Å². The first kappa shape index (κ1) is 26.2. The normalized spacial score (nSPS) is 19.2. The third-order valence-electron chi connectivity index (χ3n) is 7.36. The number of carbonyl (C=O) groups is 1. The molecule has 4 aromatic rings. The van der Waals surface area contributed by atoms with Crippen molar-refractivity contribution in [1.82, 2.24) is 9.97 Å². The minimum absolute atomic E-state index is 0.0948. The highest BCUT2D eigenvalue weighted by atomic mass is 32.1. The Morgan fingerprint density at radius 3 is 2.58 bits per heavy atom. The monoisotopic (exact) mass is 530 g/mol. The van der Waals surface area contributed by atoms with Gasteiger partial charge in [0.2, 0.25) is 0 Å². The molecule has 198 valence electrons. The van der Waals surface area contributed by atoms with Gasteiger partial charge in [-0.15, -0.1) is 11.3 Å². The predicted octanol–water partition coefficient (Wildman–Crippen LogP) is 7.34. The quantitative estimate of drug-likeness (QED) is 0.222.